The second-order valence-corrected chi connectivity index (χ2v) is 11.6. The van der Waals surface area contributed by atoms with Crippen LogP contribution < -0.4 is 20.5 Å². The van der Waals surface area contributed by atoms with Gasteiger partial charge in [0, 0.05) is 56.0 Å². The summed E-state index contributed by atoms with van der Waals surface area (Å²) in [5, 5.41) is 3.98. The summed E-state index contributed by atoms with van der Waals surface area (Å²) in [6.45, 7) is 1.99. The van der Waals surface area contributed by atoms with E-state index in [2.05, 4.69) is 34.4 Å². The summed E-state index contributed by atoms with van der Waals surface area (Å²) in [6.07, 6.45) is 2.28. The third kappa shape index (κ3) is 5.13. The van der Waals surface area contributed by atoms with Crippen LogP contribution in [0.2, 0.25) is 10.0 Å². The molecule has 0 fully saturated rings. The molecule has 0 radical (unpaired) electrons. The molecule has 218 valence electrons. The lowest BCUT2D eigenvalue weighted by Gasteiger charge is -2.21. The predicted molar refractivity (Wildman–Crippen MR) is 166 cm³/mol. The van der Waals surface area contributed by atoms with Gasteiger partial charge in [-0.15, -0.1) is 0 Å². The number of hydrogen-bond acceptors (Lipinski definition) is 6. The number of rotatable bonds is 7. The minimum atomic E-state index is -0.284. The van der Waals surface area contributed by atoms with Gasteiger partial charge in [0.25, 0.3) is 5.91 Å². The number of fused-ring (bicyclic) bond motifs is 2. The van der Waals surface area contributed by atoms with E-state index in [4.69, 9.17) is 38.4 Å². The van der Waals surface area contributed by atoms with E-state index in [1.807, 2.05) is 35.9 Å². The van der Waals surface area contributed by atoms with Crippen molar-refractivity contribution in [2.24, 2.45) is 12.8 Å². The summed E-state index contributed by atoms with van der Waals surface area (Å²) in [7, 11) is 5.56. The standard InChI is InChI=1S/C32H33Cl2N5O3/c1-38-13-12-26-25(17-38)36-31(39(26)2)32(40)37-24-9-5-8-22(30(24)34)19-6-4-7-21-20(19)10-11-27(21)42-29-15-28(41-3)18(16-35)14-23(29)33/h4-9,14-15,27H,10-13,16-17,35H2,1-3H3,(H,37,40). The monoisotopic (exact) mass is 605 g/mol. The summed E-state index contributed by atoms with van der Waals surface area (Å²) in [4.78, 5) is 20.2. The van der Waals surface area contributed by atoms with Gasteiger partial charge in [0.1, 0.15) is 17.6 Å². The molecule has 8 nitrogen and oxygen atoms in total. The highest BCUT2D eigenvalue weighted by molar-refractivity contribution is 6.36. The van der Waals surface area contributed by atoms with Gasteiger partial charge in [0.05, 0.1) is 28.5 Å². The normalized spacial score (nSPS) is 16.2. The predicted octanol–water partition coefficient (Wildman–Crippen LogP) is 6.17. The van der Waals surface area contributed by atoms with Gasteiger partial charge in [-0.05, 0) is 48.7 Å². The van der Waals surface area contributed by atoms with E-state index in [1.54, 1.807) is 19.2 Å². The molecular weight excluding hydrogens is 573 g/mol. The van der Waals surface area contributed by atoms with E-state index >= 15 is 0 Å². The van der Waals surface area contributed by atoms with Crippen molar-refractivity contribution in [3.63, 3.8) is 0 Å². The Bertz CT molecular complexity index is 1690. The number of nitrogens with two attached hydrogens (primary N) is 1. The van der Waals surface area contributed by atoms with Crippen molar-refractivity contribution in [2.75, 3.05) is 26.0 Å². The molecule has 3 N–H and O–H groups in total. The third-order valence-electron chi connectivity index (χ3n) is 8.23. The average Bonchev–Trinajstić information content (AvgIpc) is 3.55. The van der Waals surface area contributed by atoms with Crippen LogP contribution in [0.3, 0.4) is 0 Å². The largest absolute Gasteiger partial charge is 0.496 e. The van der Waals surface area contributed by atoms with Crippen LogP contribution in [0.25, 0.3) is 11.1 Å². The summed E-state index contributed by atoms with van der Waals surface area (Å²) in [5.74, 6) is 1.30. The molecule has 0 saturated heterocycles. The number of carbonyl (C=O) groups is 1. The second kappa shape index (κ2) is 11.6. The van der Waals surface area contributed by atoms with Crippen molar-refractivity contribution in [1.82, 2.24) is 14.5 Å². The number of nitrogens with one attached hydrogen (secondary N) is 1. The van der Waals surface area contributed by atoms with Gasteiger partial charge in [0.15, 0.2) is 5.82 Å². The van der Waals surface area contributed by atoms with Crippen molar-refractivity contribution >= 4 is 34.8 Å². The maximum Gasteiger partial charge on any atom is 0.291 e. The van der Waals surface area contributed by atoms with Crippen LogP contribution in [-0.4, -0.2) is 41.1 Å². The van der Waals surface area contributed by atoms with Crippen molar-refractivity contribution in [1.29, 1.82) is 0 Å². The molecule has 4 aromatic rings. The Balaban J connectivity index is 1.27. The van der Waals surface area contributed by atoms with E-state index < -0.39 is 0 Å². The van der Waals surface area contributed by atoms with E-state index in [9.17, 15) is 4.79 Å². The topological polar surface area (TPSA) is 94.6 Å². The van der Waals surface area contributed by atoms with Gasteiger partial charge in [0.2, 0.25) is 0 Å². The molecule has 2 aliphatic rings. The SMILES string of the molecule is COc1cc(OC2CCc3c(-c4cccc(NC(=O)c5nc6c(n5C)CCN(C)C6)c4Cl)cccc32)c(Cl)cc1CN. The fourth-order valence-electron chi connectivity index (χ4n) is 6.04. The van der Waals surface area contributed by atoms with Crippen LogP contribution in [0.1, 0.15) is 51.2 Å². The highest BCUT2D eigenvalue weighted by Gasteiger charge is 2.29. The number of nitrogens with zero attached hydrogens (tertiary/aromatic N) is 3. The maximum atomic E-state index is 13.3. The molecule has 1 amide bonds. The number of likely N-dealkylation sites (N-methyl/N-ethyl adjacent to an activating group) is 1. The average molecular weight is 607 g/mol. The van der Waals surface area contributed by atoms with Crippen molar-refractivity contribution in [2.45, 2.75) is 38.5 Å². The first-order valence-corrected chi connectivity index (χ1v) is 14.7. The Labute approximate surface area is 255 Å². The number of aromatic nitrogens is 2. The number of hydrogen-bond donors (Lipinski definition) is 2. The summed E-state index contributed by atoms with van der Waals surface area (Å²) >= 11 is 13.5. The Morgan fingerprint density at radius 1 is 1.10 bits per heavy atom. The molecule has 1 aliphatic carbocycles. The van der Waals surface area contributed by atoms with Crippen LogP contribution in [0.4, 0.5) is 5.69 Å². The lowest BCUT2D eigenvalue weighted by atomic mass is 9.96. The number of amides is 1. The molecular formula is C32H33Cl2N5O3. The Morgan fingerprint density at radius 2 is 1.88 bits per heavy atom. The van der Waals surface area contributed by atoms with E-state index in [0.29, 0.717) is 39.6 Å². The molecule has 2 heterocycles. The number of halogens is 2. The van der Waals surface area contributed by atoms with Crippen LogP contribution in [0, 0.1) is 0 Å². The van der Waals surface area contributed by atoms with E-state index in [0.717, 1.165) is 71.6 Å². The van der Waals surface area contributed by atoms with Crippen LogP contribution >= 0.6 is 23.2 Å². The first-order chi connectivity index (χ1) is 20.3. The van der Waals surface area contributed by atoms with Crippen LogP contribution in [0.15, 0.2) is 48.5 Å². The maximum absolute atomic E-state index is 13.3. The third-order valence-corrected chi connectivity index (χ3v) is 8.93. The highest BCUT2D eigenvalue weighted by atomic mass is 35.5. The van der Waals surface area contributed by atoms with Crippen LogP contribution in [-0.2, 0) is 33.0 Å². The minimum absolute atomic E-state index is 0.180. The zero-order valence-electron chi connectivity index (χ0n) is 23.8. The minimum Gasteiger partial charge on any atom is -0.496 e. The number of benzene rings is 3. The van der Waals surface area contributed by atoms with Crippen molar-refractivity contribution in [3.05, 3.63) is 92.5 Å². The number of carbonyl (C=O) groups excluding carboxylic acids is 1. The van der Waals surface area contributed by atoms with Gasteiger partial charge < -0.3 is 30.0 Å². The molecule has 1 aromatic heterocycles. The molecule has 0 bridgehead atoms. The zero-order chi connectivity index (χ0) is 29.5. The molecule has 0 saturated carbocycles. The van der Waals surface area contributed by atoms with Crippen molar-refractivity contribution in [3.8, 4) is 22.6 Å². The number of imidazole rings is 1. The Morgan fingerprint density at radius 3 is 2.67 bits per heavy atom. The summed E-state index contributed by atoms with van der Waals surface area (Å²) in [5.41, 5.74) is 13.3. The quantitative estimate of drug-likeness (QED) is 0.262. The first kappa shape index (κ1) is 28.6. The molecule has 1 aliphatic heterocycles. The van der Waals surface area contributed by atoms with Crippen molar-refractivity contribution < 1.29 is 14.3 Å². The van der Waals surface area contributed by atoms with E-state index in [1.165, 1.54) is 0 Å². The summed E-state index contributed by atoms with van der Waals surface area (Å²) in [6, 6.07) is 15.4. The van der Waals surface area contributed by atoms with Gasteiger partial charge in [-0.25, -0.2) is 4.98 Å². The number of anilines is 1. The Kier molecular flexibility index (Phi) is 7.89. The molecule has 10 heteroatoms. The lowest BCUT2D eigenvalue weighted by molar-refractivity contribution is 0.101. The van der Waals surface area contributed by atoms with Gasteiger partial charge in [-0.1, -0.05) is 53.5 Å². The molecule has 1 unspecified atom stereocenters. The van der Waals surface area contributed by atoms with Crippen LogP contribution in [0.5, 0.6) is 11.5 Å². The fraction of sp³-hybridized carbons (Fsp3) is 0.312. The fourth-order valence-corrected chi connectivity index (χ4v) is 6.54. The smallest absolute Gasteiger partial charge is 0.291 e. The molecule has 42 heavy (non-hydrogen) atoms. The van der Waals surface area contributed by atoms with E-state index in [-0.39, 0.29) is 12.0 Å². The Hall–Kier alpha value is -3.56. The lowest BCUT2D eigenvalue weighted by Crippen LogP contribution is -2.27. The molecule has 6 rings (SSSR count). The second-order valence-electron chi connectivity index (χ2n) is 10.8. The van der Waals surface area contributed by atoms with Gasteiger partial charge in [-0.2, -0.15) is 0 Å². The zero-order valence-corrected chi connectivity index (χ0v) is 25.4. The number of methoxy groups -OCH3 is 1. The molecule has 0 spiro atoms. The van der Waals surface area contributed by atoms with Gasteiger partial charge >= 0.3 is 0 Å². The molecule has 3 aromatic carbocycles. The highest BCUT2D eigenvalue weighted by Crippen LogP contribution is 2.44. The summed E-state index contributed by atoms with van der Waals surface area (Å²) < 4.78 is 13.8. The number of ether oxygens (including phenoxy) is 2. The first-order valence-electron chi connectivity index (χ1n) is 14.0. The molecule has 1 atom stereocenters. The van der Waals surface area contributed by atoms with Gasteiger partial charge in [-0.3, -0.25) is 4.79 Å².